The van der Waals surface area contributed by atoms with E-state index in [1.807, 2.05) is 13.0 Å². The number of amides is 2. The van der Waals surface area contributed by atoms with E-state index in [1.54, 1.807) is 48.8 Å². The summed E-state index contributed by atoms with van der Waals surface area (Å²) in [5, 5.41) is 5.40. The van der Waals surface area contributed by atoms with Crippen LogP contribution in [0, 0.1) is 12.7 Å². The van der Waals surface area contributed by atoms with Crippen LogP contribution in [0.3, 0.4) is 0 Å². The van der Waals surface area contributed by atoms with Crippen LogP contribution in [0.2, 0.25) is 0 Å². The number of halogens is 1. The number of anilines is 2. The van der Waals surface area contributed by atoms with Crippen molar-refractivity contribution in [1.29, 1.82) is 0 Å². The normalized spacial score (nSPS) is 10.6. The van der Waals surface area contributed by atoms with E-state index in [-0.39, 0.29) is 5.91 Å². The van der Waals surface area contributed by atoms with E-state index >= 15 is 0 Å². The van der Waals surface area contributed by atoms with E-state index in [4.69, 9.17) is 0 Å². The monoisotopic (exact) mass is 375 g/mol. The van der Waals surface area contributed by atoms with Gasteiger partial charge in [-0.15, -0.1) is 0 Å². The van der Waals surface area contributed by atoms with Crippen LogP contribution in [0.5, 0.6) is 0 Å². The molecule has 0 saturated heterocycles. The molecule has 3 aromatic rings. The molecule has 5 nitrogen and oxygen atoms in total. The zero-order chi connectivity index (χ0) is 19.9. The van der Waals surface area contributed by atoms with Gasteiger partial charge in [0.25, 0.3) is 5.91 Å². The molecule has 0 aliphatic heterocycles. The van der Waals surface area contributed by atoms with Crippen molar-refractivity contribution in [2.75, 3.05) is 10.6 Å². The molecular formula is C22H18FN3O2. The van der Waals surface area contributed by atoms with Crippen LogP contribution in [0.1, 0.15) is 21.5 Å². The first-order valence-corrected chi connectivity index (χ1v) is 8.58. The maximum atomic E-state index is 13.3. The number of nitrogens with zero attached hydrogens (tertiary/aromatic N) is 1. The summed E-state index contributed by atoms with van der Waals surface area (Å²) in [5.41, 5.74) is 2.84. The molecule has 140 valence electrons. The Kier molecular flexibility index (Phi) is 5.91. The molecule has 0 aliphatic carbocycles. The first-order valence-electron chi connectivity index (χ1n) is 8.58. The molecule has 0 radical (unpaired) electrons. The van der Waals surface area contributed by atoms with Crippen molar-refractivity contribution < 1.29 is 14.0 Å². The Bertz CT molecular complexity index is 1030. The van der Waals surface area contributed by atoms with Crippen molar-refractivity contribution in [1.82, 2.24) is 4.98 Å². The molecule has 2 N–H and O–H groups in total. The zero-order valence-corrected chi connectivity index (χ0v) is 15.1. The number of aromatic nitrogens is 1. The largest absolute Gasteiger partial charge is 0.322 e. The van der Waals surface area contributed by atoms with E-state index in [0.717, 1.165) is 11.1 Å². The van der Waals surface area contributed by atoms with E-state index < -0.39 is 11.7 Å². The SMILES string of the molecule is Cc1ccc(C(=O)Nc2cccc(F)c2)cc1NC(=O)C=Cc1cccnc1. The molecule has 0 aliphatic rings. The molecular weight excluding hydrogens is 357 g/mol. The van der Waals surface area contributed by atoms with E-state index in [1.165, 1.54) is 24.3 Å². The Morgan fingerprint density at radius 1 is 1.04 bits per heavy atom. The van der Waals surface area contributed by atoms with Crippen molar-refractivity contribution in [3.63, 3.8) is 0 Å². The van der Waals surface area contributed by atoms with Gasteiger partial charge in [0, 0.05) is 35.4 Å². The molecule has 28 heavy (non-hydrogen) atoms. The molecule has 0 spiro atoms. The summed E-state index contributed by atoms with van der Waals surface area (Å²) < 4.78 is 13.3. The summed E-state index contributed by atoms with van der Waals surface area (Å²) in [6.45, 7) is 1.83. The summed E-state index contributed by atoms with van der Waals surface area (Å²) in [6.07, 6.45) is 6.35. The molecule has 2 amide bonds. The fourth-order valence-corrected chi connectivity index (χ4v) is 2.49. The van der Waals surface area contributed by atoms with Gasteiger partial charge in [-0.1, -0.05) is 18.2 Å². The lowest BCUT2D eigenvalue weighted by Crippen LogP contribution is -2.14. The molecule has 1 heterocycles. The lowest BCUT2D eigenvalue weighted by molar-refractivity contribution is -0.111. The predicted octanol–water partition coefficient (Wildman–Crippen LogP) is 4.43. The summed E-state index contributed by atoms with van der Waals surface area (Å²) >= 11 is 0. The summed E-state index contributed by atoms with van der Waals surface area (Å²) in [5.74, 6) is -1.16. The average molecular weight is 375 g/mol. The van der Waals surface area contributed by atoms with Gasteiger partial charge in [-0.2, -0.15) is 0 Å². The van der Waals surface area contributed by atoms with Gasteiger partial charge in [-0.3, -0.25) is 14.6 Å². The fraction of sp³-hybridized carbons (Fsp3) is 0.0455. The van der Waals surface area contributed by atoms with Crippen LogP contribution in [-0.4, -0.2) is 16.8 Å². The molecule has 0 bridgehead atoms. The van der Waals surface area contributed by atoms with Crippen LogP contribution in [0.4, 0.5) is 15.8 Å². The Labute approximate surface area is 161 Å². The quantitative estimate of drug-likeness (QED) is 0.648. The van der Waals surface area contributed by atoms with Gasteiger partial charge in [0.05, 0.1) is 0 Å². The Morgan fingerprint density at radius 2 is 1.89 bits per heavy atom. The molecule has 0 unspecified atom stereocenters. The van der Waals surface area contributed by atoms with Gasteiger partial charge in [0.2, 0.25) is 5.91 Å². The number of carbonyl (C=O) groups is 2. The van der Waals surface area contributed by atoms with Crippen molar-refractivity contribution >= 4 is 29.3 Å². The maximum Gasteiger partial charge on any atom is 0.255 e. The molecule has 0 atom stereocenters. The third-order valence-corrected chi connectivity index (χ3v) is 3.95. The highest BCUT2D eigenvalue weighted by Crippen LogP contribution is 2.19. The van der Waals surface area contributed by atoms with Gasteiger partial charge in [-0.05, 0) is 60.5 Å². The van der Waals surface area contributed by atoms with Crippen LogP contribution in [0.25, 0.3) is 6.08 Å². The minimum absolute atomic E-state index is 0.324. The lowest BCUT2D eigenvalue weighted by Gasteiger charge is -2.10. The second-order valence-corrected chi connectivity index (χ2v) is 6.10. The number of aryl methyl sites for hydroxylation is 1. The standard InChI is InChI=1S/C22H18FN3O2/c1-15-7-9-17(22(28)25-19-6-2-5-18(23)13-19)12-20(15)26-21(27)10-8-16-4-3-11-24-14-16/h2-14H,1H3,(H,25,28)(H,26,27). The second-order valence-electron chi connectivity index (χ2n) is 6.10. The number of hydrogen-bond acceptors (Lipinski definition) is 3. The summed E-state index contributed by atoms with van der Waals surface area (Å²) in [4.78, 5) is 28.6. The van der Waals surface area contributed by atoms with Crippen molar-refractivity contribution in [3.05, 3.63) is 95.6 Å². The van der Waals surface area contributed by atoms with Crippen LogP contribution < -0.4 is 10.6 Å². The Hall–Kier alpha value is -3.80. The Balaban J connectivity index is 1.71. The van der Waals surface area contributed by atoms with Gasteiger partial charge < -0.3 is 10.6 Å². The van der Waals surface area contributed by atoms with Crippen LogP contribution >= 0.6 is 0 Å². The highest BCUT2D eigenvalue weighted by molar-refractivity contribution is 6.06. The van der Waals surface area contributed by atoms with Crippen molar-refractivity contribution in [2.45, 2.75) is 6.92 Å². The highest BCUT2D eigenvalue weighted by atomic mass is 19.1. The van der Waals surface area contributed by atoms with E-state index in [0.29, 0.717) is 16.9 Å². The number of nitrogens with one attached hydrogen (secondary N) is 2. The van der Waals surface area contributed by atoms with Gasteiger partial charge in [-0.25, -0.2) is 4.39 Å². The minimum Gasteiger partial charge on any atom is -0.322 e. The molecule has 3 rings (SSSR count). The third-order valence-electron chi connectivity index (χ3n) is 3.95. The lowest BCUT2D eigenvalue weighted by atomic mass is 10.1. The first-order chi connectivity index (χ1) is 13.5. The third kappa shape index (κ3) is 5.11. The molecule has 6 heteroatoms. The van der Waals surface area contributed by atoms with Crippen molar-refractivity contribution in [2.24, 2.45) is 0 Å². The molecule has 2 aromatic carbocycles. The number of rotatable bonds is 5. The van der Waals surface area contributed by atoms with Crippen LogP contribution in [-0.2, 0) is 4.79 Å². The Morgan fingerprint density at radius 3 is 2.64 bits per heavy atom. The highest BCUT2D eigenvalue weighted by Gasteiger charge is 2.10. The predicted molar refractivity (Wildman–Crippen MR) is 107 cm³/mol. The van der Waals surface area contributed by atoms with Gasteiger partial charge in [0.15, 0.2) is 0 Å². The molecule has 0 saturated carbocycles. The number of hydrogen-bond donors (Lipinski definition) is 2. The van der Waals surface area contributed by atoms with E-state index in [2.05, 4.69) is 15.6 Å². The molecule has 0 fully saturated rings. The zero-order valence-electron chi connectivity index (χ0n) is 15.1. The first kappa shape index (κ1) is 19.0. The smallest absolute Gasteiger partial charge is 0.255 e. The second kappa shape index (κ2) is 8.73. The van der Waals surface area contributed by atoms with Gasteiger partial charge >= 0.3 is 0 Å². The topological polar surface area (TPSA) is 71.1 Å². The fourth-order valence-electron chi connectivity index (χ4n) is 2.49. The number of carbonyl (C=O) groups excluding carboxylic acids is 2. The minimum atomic E-state index is -0.435. The summed E-state index contributed by atoms with van der Waals surface area (Å²) in [7, 11) is 0. The summed E-state index contributed by atoms with van der Waals surface area (Å²) in [6, 6.07) is 14.2. The van der Waals surface area contributed by atoms with Crippen LogP contribution in [0.15, 0.2) is 73.1 Å². The van der Waals surface area contributed by atoms with Crippen molar-refractivity contribution in [3.8, 4) is 0 Å². The van der Waals surface area contributed by atoms with E-state index in [9.17, 15) is 14.0 Å². The maximum absolute atomic E-state index is 13.3. The molecule has 1 aromatic heterocycles. The number of benzene rings is 2. The number of pyridine rings is 1. The average Bonchev–Trinajstić information content (AvgIpc) is 2.69. The van der Waals surface area contributed by atoms with Gasteiger partial charge in [0.1, 0.15) is 5.82 Å².